The van der Waals surface area contributed by atoms with E-state index >= 15 is 0 Å². The Morgan fingerprint density at radius 3 is 2.05 bits per heavy atom. The minimum Gasteiger partial charge on any atom is -0.480 e. The second-order valence-electron chi connectivity index (χ2n) is 4.51. The number of rotatable bonds is 6. The molecule has 110 valence electrons. The number of nitrogens with one attached hydrogen (secondary N) is 1. The van der Waals surface area contributed by atoms with Crippen LogP contribution in [-0.4, -0.2) is 25.5 Å². The molecule has 0 saturated heterocycles. The molecule has 0 unspecified atom stereocenters. The van der Waals surface area contributed by atoms with E-state index in [4.69, 9.17) is 0 Å². The van der Waals surface area contributed by atoms with Crippen LogP contribution in [0.4, 0.5) is 0 Å². The first-order chi connectivity index (χ1) is 9.99. The minimum atomic E-state index is -3.86. The molecule has 2 aromatic rings. The average Bonchev–Trinajstić information content (AvgIpc) is 2.48. The van der Waals surface area contributed by atoms with Gasteiger partial charge in [-0.3, -0.25) is 4.79 Å². The third-order valence-electron chi connectivity index (χ3n) is 2.93. The van der Waals surface area contributed by atoms with E-state index in [2.05, 4.69) is 4.72 Å². The Morgan fingerprint density at radius 1 is 1.00 bits per heavy atom. The van der Waals surface area contributed by atoms with Gasteiger partial charge in [0.25, 0.3) is 0 Å². The minimum absolute atomic E-state index is 0.0457. The number of carboxylic acids is 1. The summed E-state index contributed by atoms with van der Waals surface area (Å²) in [5, 5.41) is 9.22. The number of carboxylic acid groups (broad SMARTS) is 1. The zero-order chi connectivity index (χ0) is 15.3. The summed E-state index contributed by atoms with van der Waals surface area (Å²) in [5.41, 5.74) is 0.751. The molecule has 0 bridgehead atoms. The fraction of sp³-hybridized carbons (Fsp3) is 0.133. The lowest BCUT2D eigenvalue weighted by Crippen LogP contribution is -2.42. The Bertz CT molecular complexity index is 699. The zero-order valence-electron chi connectivity index (χ0n) is 11.1. The molecule has 0 aromatic heterocycles. The molecule has 0 amide bonds. The summed E-state index contributed by atoms with van der Waals surface area (Å²) in [6.07, 6.45) is 0.0856. The molecule has 0 aliphatic rings. The zero-order valence-corrected chi connectivity index (χ0v) is 12.0. The molecular formula is C15H15NO4S. The third kappa shape index (κ3) is 4.14. The van der Waals surface area contributed by atoms with E-state index in [0.717, 1.165) is 5.56 Å². The van der Waals surface area contributed by atoms with Gasteiger partial charge in [-0.25, -0.2) is 8.42 Å². The maximum absolute atomic E-state index is 12.2. The van der Waals surface area contributed by atoms with Crippen molar-refractivity contribution in [1.82, 2.24) is 4.72 Å². The van der Waals surface area contributed by atoms with Crippen LogP contribution in [0.1, 0.15) is 5.56 Å². The van der Waals surface area contributed by atoms with E-state index < -0.39 is 22.0 Å². The highest BCUT2D eigenvalue weighted by molar-refractivity contribution is 7.89. The summed E-state index contributed by atoms with van der Waals surface area (Å²) in [5.74, 6) is -1.21. The summed E-state index contributed by atoms with van der Waals surface area (Å²) in [4.78, 5) is 11.3. The normalized spacial score (nSPS) is 12.8. The summed E-state index contributed by atoms with van der Waals surface area (Å²) < 4.78 is 26.6. The molecule has 1 atom stereocenters. The molecule has 21 heavy (non-hydrogen) atoms. The molecule has 0 aliphatic carbocycles. The highest BCUT2D eigenvalue weighted by Gasteiger charge is 2.25. The average molecular weight is 305 g/mol. The standard InChI is InChI=1S/C15H15NO4S/c17-15(18)14(11-12-7-3-1-4-8-12)16-21(19,20)13-9-5-2-6-10-13/h1-10,14,16H,11H2,(H,17,18)/t14-/m1/s1. The van der Waals surface area contributed by atoms with Crippen molar-refractivity contribution in [3.63, 3.8) is 0 Å². The van der Waals surface area contributed by atoms with Crippen molar-refractivity contribution in [3.8, 4) is 0 Å². The molecule has 0 heterocycles. The van der Waals surface area contributed by atoms with E-state index in [-0.39, 0.29) is 11.3 Å². The summed E-state index contributed by atoms with van der Waals surface area (Å²) in [7, 11) is -3.86. The van der Waals surface area contributed by atoms with Crippen LogP contribution in [0, 0.1) is 0 Å². The molecule has 0 spiro atoms. The van der Waals surface area contributed by atoms with Gasteiger partial charge in [-0.1, -0.05) is 48.5 Å². The maximum Gasteiger partial charge on any atom is 0.322 e. The van der Waals surface area contributed by atoms with Gasteiger partial charge in [0.05, 0.1) is 4.90 Å². The second kappa shape index (κ2) is 6.51. The number of hydrogen-bond acceptors (Lipinski definition) is 3. The smallest absolute Gasteiger partial charge is 0.322 e. The molecule has 0 radical (unpaired) electrons. The SMILES string of the molecule is O=C(O)[C@@H](Cc1ccccc1)NS(=O)(=O)c1ccccc1. The summed E-state index contributed by atoms with van der Waals surface area (Å²) in [6, 6.07) is 15.4. The van der Waals surface area contributed by atoms with E-state index in [1.54, 1.807) is 42.5 Å². The molecule has 2 rings (SSSR count). The van der Waals surface area contributed by atoms with E-state index in [1.807, 2.05) is 6.07 Å². The van der Waals surface area contributed by atoms with Crippen LogP contribution in [0.2, 0.25) is 0 Å². The summed E-state index contributed by atoms with van der Waals surface area (Å²) >= 11 is 0. The molecule has 0 fully saturated rings. The van der Waals surface area contributed by atoms with Gasteiger partial charge in [-0.15, -0.1) is 0 Å². The van der Waals surface area contributed by atoms with Crippen molar-refractivity contribution < 1.29 is 18.3 Å². The second-order valence-corrected chi connectivity index (χ2v) is 6.23. The molecule has 5 nitrogen and oxygen atoms in total. The first kappa shape index (κ1) is 15.2. The molecular weight excluding hydrogens is 290 g/mol. The van der Waals surface area contributed by atoms with Gasteiger partial charge in [0, 0.05) is 0 Å². The first-order valence-electron chi connectivity index (χ1n) is 6.33. The molecule has 0 aliphatic heterocycles. The van der Waals surface area contributed by atoms with Crippen LogP contribution in [0.5, 0.6) is 0 Å². The fourth-order valence-electron chi connectivity index (χ4n) is 1.88. The van der Waals surface area contributed by atoms with Crippen molar-refractivity contribution in [2.24, 2.45) is 0 Å². The predicted molar refractivity (Wildman–Crippen MR) is 78.3 cm³/mol. The van der Waals surface area contributed by atoms with Crippen molar-refractivity contribution in [3.05, 3.63) is 66.2 Å². The quantitative estimate of drug-likeness (QED) is 0.850. The van der Waals surface area contributed by atoms with Crippen LogP contribution < -0.4 is 4.72 Å². The van der Waals surface area contributed by atoms with Crippen LogP contribution >= 0.6 is 0 Å². The molecule has 2 aromatic carbocycles. The molecule has 6 heteroatoms. The monoisotopic (exact) mass is 305 g/mol. The molecule has 0 saturated carbocycles. The Labute approximate surface area is 123 Å². The predicted octanol–water partition coefficient (Wildman–Crippen LogP) is 1.66. The van der Waals surface area contributed by atoms with Crippen LogP contribution in [0.15, 0.2) is 65.6 Å². The van der Waals surface area contributed by atoms with Crippen molar-refractivity contribution in [2.75, 3.05) is 0 Å². The first-order valence-corrected chi connectivity index (χ1v) is 7.81. The van der Waals surface area contributed by atoms with Gasteiger partial charge < -0.3 is 5.11 Å². The number of carbonyl (C=O) groups is 1. The van der Waals surface area contributed by atoms with Crippen LogP contribution in [0.3, 0.4) is 0 Å². The topological polar surface area (TPSA) is 83.5 Å². The lowest BCUT2D eigenvalue weighted by Gasteiger charge is -2.15. The van der Waals surface area contributed by atoms with Gasteiger partial charge >= 0.3 is 5.97 Å². The maximum atomic E-state index is 12.2. The van der Waals surface area contributed by atoms with Crippen LogP contribution in [0.25, 0.3) is 0 Å². The Kier molecular flexibility index (Phi) is 4.72. The number of benzene rings is 2. The van der Waals surface area contributed by atoms with Crippen LogP contribution in [-0.2, 0) is 21.2 Å². The largest absolute Gasteiger partial charge is 0.480 e. The van der Waals surface area contributed by atoms with Crippen molar-refractivity contribution in [2.45, 2.75) is 17.4 Å². The van der Waals surface area contributed by atoms with Crippen molar-refractivity contribution >= 4 is 16.0 Å². The van der Waals surface area contributed by atoms with E-state index in [9.17, 15) is 18.3 Å². The summed E-state index contributed by atoms with van der Waals surface area (Å²) in [6.45, 7) is 0. The van der Waals surface area contributed by atoms with Gasteiger partial charge in [0.2, 0.25) is 10.0 Å². The molecule has 2 N–H and O–H groups in total. The van der Waals surface area contributed by atoms with Gasteiger partial charge in [-0.2, -0.15) is 4.72 Å². The van der Waals surface area contributed by atoms with Gasteiger partial charge in [0.1, 0.15) is 6.04 Å². The lowest BCUT2D eigenvalue weighted by molar-refractivity contribution is -0.138. The lowest BCUT2D eigenvalue weighted by atomic mass is 10.1. The Hall–Kier alpha value is -2.18. The van der Waals surface area contributed by atoms with Gasteiger partial charge in [0.15, 0.2) is 0 Å². The highest BCUT2D eigenvalue weighted by atomic mass is 32.2. The van der Waals surface area contributed by atoms with Crippen molar-refractivity contribution in [1.29, 1.82) is 0 Å². The fourth-order valence-corrected chi connectivity index (χ4v) is 3.09. The van der Waals surface area contributed by atoms with E-state index in [0.29, 0.717) is 0 Å². The highest BCUT2D eigenvalue weighted by Crippen LogP contribution is 2.10. The Balaban J connectivity index is 2.19. The van der Waals surface area contributed by atoms with Gasteiger partial charge in [-0.05, 0) is 24.1 Å². The third-order valence-corrected chi connectivity index (χ3v) is 4.42. The van der Waals surface area contributed by atoms with E-state index in [1.165, 1.54) is 12.1 Å². The number of hydrogen-bond donors (Lipinski definition) is 2. The number of aliphatic carboxylic acids is 1. The Morgan fingerprint density at radius 2 is 1.52 bits per heavy atom. The number of sulfonamides is 1.